The van der Waals surface area contributed by atoms with E-state index in [0.717, 1.165) is 29.2 Å². The minimum Gasteiger partial charge on any atom is -0.497 e. The van der Waals surface area contributed by atoms with Crippen molar-refractivity contribution < 1.29 is 14.3 Å². The van der Waals surface area contributed by atoms with Crippen LogP contribution in [0, 0.1) is 0 Å². The van der Waals surface area contributed by atoms with Crippen molar-refractivity contribution in [1.29, 1.82) is 0 Å². The third-order valence-corrected chi connectivity index (χ3v) is 3.91. The Kier molecular flexibility index (Phi) is 4.10. The first-order chi connectivity index (χ1) is 11.1. The molecular formula is C18H20N2O3. The van der Waals surface area contributed by atoms with Gasteiger partial charge in [0.15, 0.2) is 0 Å². The lowest BCUT2D eigenvalue weighted by Crippen LogP contribution is -2.11. The van der Waals surface area contributed by atoms with Crippen molar-refractivity contribution in [3.05, 3.63) is 53.1 Å². The van der Waals surface area contributed by atoms with E-state index in [1.807, 2.05) is 18.2 Å². The third-order valence-electron chi connectivity index (χ3n) is 3.91. The number of nitrogens with two attached hydrogens (primary N) is 1. The summed E-state index contributed by atoms with van der Waals surface area (Å²) < 4.78 is 11.3. The summed E-state index contributed by atoms with van der Waals surface area (Å²) in [6.07, 6.45) is 1.06. The molecule has 23 heavy (non-hydrogen) atoms. The first-order valence-corrected chi connectivity index (χ1v) is 7.57. The van der Waals surface area contributed by atoms with Gasteiger partial charge < -0.3 is 20.5 Å². The standard InChI is InChI=1S/C18H20N2O3/c1-11-6-13-8-16(22-2)9-14(17(13)23-11)10-20-15-5-3-4-12(7-15)18(19)21/h3-5,7-9,11,20H,6,10H2,1-2H3,(H2,19,21). The van der Waals surface area contributed by atoms with Gasteiger partial charge in [-0.3, -0.25) is 4.79 Å². The minimum atomic E-state index is -0.437. The summed E-state index contributed by atoms with van der Waals surface area (Å²) in [5.41, 5.74) is 8.83. The van der Waals surface area contributed by atoms with Crippen LogP contribution in [0.1, 0.15) is 28.4 Å². The van der Waals surface area contributed by atoms with Gasteiger partial charge in [0.05, 0.1) is 7.11 Å². The maximum atomic E-state index is 11.3. The zero-order chi connectivity index (χ0) is 16.4. The number of carbonyl (C=O) groups is 1. The fourth-order valence-corrected chi connectivity index (χ4v) is 2.81. The summed E-state index contributed by atoms with van der Waals surface area (Å²) in [6, 6.07) is 11.1. The molecule has 1 heterocycles. The number of fused-ring (bicyclic) bond motifs is 1. The highest BCUT2D eigenvalue weighted by atomic mass is 16.5. The van der Waals surface area contributed by atoms with Crippen molar-refractivity contribution in [2.24, 2.45) is 5.73 Å². The van der Waals surface area contributed by atoms with Crippen LogP contribution in [-0.4, -0.2) is 19.1 Å². The van der Waals surface area contributed by atoms with E-state index in [9.17, 15) is 4.79 Å². The second kappa shape index (κ2) is 6.20. The van der Waals surface area contributed by atoms with Crippen molar-refractivity contribution in [2.75, 3.05) is 12.4 Å². The predicted molar refractivity (Wildman–Crippen MR) is 89.1 cm³/mol. The molecule has 1 aliphatic heterocycles. The Labute approximate surface area is 135 Å². The smallest absolute Gasteiger partial charge is 0.248 e. The molecule has 1 amide bonds. The van der Waals surface area contributed by atoms with Gasteiger partial charge in [-0.25, -0.2) is 0 Å². The molecule has 0 radical (unpaired) electrons. The number of benzene rings is 2. The topological polar surface area (TPSA) is 73.6 Å². The average Bonchev–Trinajstić information content (AvgIpc) is 2.92. The molecule has 0 aliphatic carbocycles. The second-order valence-corrected chi connectivity index (χ2v) is 5.71. The van der Waals surface area contributed by atoms with Crippen LogP contribution >= 0.6 is 0 Å². The molecule has 2 aromatic carbocycles. The Bertz CT molecular complexity index is 743. The minimum absolute atomic E-state index is 0.175. The lowest BCUT2D eigenvalue weighted by Gasteiger charge is -2.13. The van der Waals surface area contributed by atoms with Crippen LogP contribution in [0.5, 0.6) is 11.5 Å². The highest BCUT2D eigenvalue weighted by Crippen LogP contribution is 2.36. The van der Waals surface area contributed by atoms with Gasteiger partial charge >= 0.3 is 0 Å². The molecule has 120 valence electrons. The first kappa shape index (κ1) is 15.2. The highest BCUT2D eigenvalue weighted by molar-refractivity contribution is 5.93. The summed E-state index contributed by atoms with van der Waals surface area (Å²) in [5, 5.41) is 3.31. The van der Waals surface area contributed by atoms with Gasteiger partial charge in [-0.2, -0.15) is 0 Å². The van der Waals surface area contributed by atoms with Crippen LogP contribution in [0.2, 0.25) is 0 Å². The molecule has 1 atom stereocenters. The zero-order valence-electron chi connectivity index (χ0n) is 13.3. The van der Waals surface area contributed by atoms with E-state index in [-0.39, 0.29) is 6.10 Å². The Balaban J connectivity index is 1.82. The molecule has 0 saturated heterocycles. The number of amides is 1. The van der Waals surface area contributed by atoms with Gasteiger partial charge in [0, 0.05) is 35.3 Å². The lowest BCUT2D eigenvalue weighted by atomic mass is 10.1. The molecule has 0 bridgehead atoms. The van der Waals surface area contributed by atoms with E-state index >= 15 is 0 Å². The maximum Gasteiger partial charge on any atom is 0.248 e. The zero-order valence-corrected chi connectivity index (χ0v) is 13.3. The van der Waals surface area contributed by atoms with Crippen molar-refractivity contribution in [1.82, 2.24) is 0 Å². The number of ether oxygens (including phenoxy) is 2. The SMILES string of the molecule is COc1cc(CNc2cccc(C(N)=O)c2)c2c(c1)CC(C)O2. The number of rotatable bonds is 5. The fraction of sp³-hybridized carbons (Fsp3) is 0.278. The summed E-state index contributed by atoms with van der Waals surface area (Å²) >= 11 is 0. The van der Waals surface area contributed by atoms with E-state index in [4.69, 9.17) is 15.2 Å². The molecule has 2 aromatic rings. The summed E-state index contributed by atoms with van der Waals surface area (Å²) in [5.74, 6) is 1.31. The van der Waals surface area contributed by atoms with Crippen LogP contribution in [-0.2, 0) is 13.0 Å². The Morgan fingerprint density at radius 3 is 2.96 bits per heavy atom. The van der Waals surface area contributed by atoms with E-state index in [1.165, 1.54) is 5.56 Å². The molecule has 0 spiro atoms. The van der Waals surface area contributed by atoms with E-state index in [2.05, 4.69) is 12.2 Å². The molecule has 1 unspecified atom stereocenters. The molecule has 0 aromatic heterocycles. The largest absolute Gasteiger partial charge is 0.497 e. The number of anilines is 1. The van der Waals surface area contributed by atoms with Crippen LogP contribution in [0.15, 0.2) is 36.4 Å². The van der Waals surface area contributed by atoms with Crippen LogP contribution in [0.25, 0.3) is 0 Å². The second-order valence-electron chi connectivity index (χ2n) is 5.71. The van der Waals surface area contributed by atoms with Crippen LogP contribution < -0.4 is 20.5 Å². The normalized spacial score (nSPS) is 15.7. The van der Waals surface area contributed by atoms with Crippen molar-refractivity contribution in [3.63, 3.8) is 0 Å². The molecule has 1 aliphatic rings. The Morgan fingerprint density at radius 1 is 1.39 bits per heavy atom. The monoisotopic (exact) mass is 312 g/mol. The van der Waals surface area contributed by atoms with E-state index in [0.29, 0.717) is 12.1 Å². The molecule has 3 rings (SSSR count). The number of methoxy groups -OCH3 is 1. The fourth-order valence-electron chi connectivity index (χ4n) is 2.81. The van der Waals surface area contributed by atoms with E-state index in [1.54, 1.807) is 25.3 Å². The number of hydrogen-bond donors (Lipinski definition) is 2. The molecule has 3 N–H and O–H groups in total. The van der Waals surface area contributed by atoms with Gasteiger partial charge in [0.2, 0.25) is 5.91 Å². The average molecular weight is 312 g/mol. The van der Waals surface area contributed by atoms with Gasteiger partial charge in [-0.15, -0.1) is 0 Å². The molecule has 0 saturated carbocycles. The molecular weight excluding hydrogens is 292 g/mol. The third kappa shape index (κ3) is 3.23. The summed E-state index contributed by atoms with van der Waals surface area (Å²) in [4.78, 5) is 11.3. The van der Waals surface area contributed by atoms with Crippen molar-refractivity contribution in [3.8, 4) is 11.5 Å². The van der Waals surface area contributed by atoms with Gasteiger partial charge in [0.1, 0.15) is 17.6 Å². The maximum absolute atomic E-state index is 11.3. The summed E-state index contributed by atoms with van der Waals surface area (Å²) in [7, 11) is 1.66. The van der Waals surface area contributed by atoms with Gasteiger partial charge in [-0.1, -0.05) is 6.07 Å². The molecule has 0 fully saturated rings. The molecule has 5 nitrogen and oxygen atoms in total. The summed E-state index contributed by atoms with van der Waals surface area (Å²) in [6.45, 7) is 2.63. The highest BCUT2D eigenvalue weighted by Gasteiger charge is 2.23. The van der Waals surface area contributed by atoms with Crippen LogP contribution in [0.4, 0.5) is 5.69 Å². The quantitative estimate of drug-likeness (QED) is 0.890. The molecule has 5 heteroatoms. The van der Waals surface area contributed by atoms with Crippen molar-refractivity contribution in [2.45, 2.75) is 26.0 Å². The van der Waals surface area contributed by atoms with Gasteiger partial charge in [-0.05, 0) is 37.3 Å². The van der Waals surface area contributed by atoms with Crippen LogP contribution in [0.3, 0.4) is 0 Å². The lowest BCUT2D eigenvalue weighted by molar-refractivity contribution is 0.100. The van der Waals surface area contributed by atoms with Crippen molar-refractivity contribution >= 4 is 11.6 Å². The first-order valence-electron chi connectivity index (χ1n) is 7.57. The number of hydrogen-bond acceptors (Lipinski definition) is 4. The Morgan fingerprint density at radius 2 is 2.22 bits per heavy atom. The number of primary amides is 1. The number of nitrogens with one attached hydrogen (secondary N) is 1. The van der Waals surface area contributed by atoms with Gasteiger partial charge in [0.25, 0.3) is 0 Å². The van der Waals surface area contributed by atoms with E-state index < -0.39 is 5.91 Å². The number of carbonyl (C=O) groups excluding carboxylic acids is 1. The predicted octanol–water partition coefficient (Wildman–Crippen LogP) is 2.73. The Hall–Kier alpha value is -2.69.